The van der Waals surface area contributed by atoms with Gasteiger partial charge in [-0.15, -0.1) is 0 Å². The first kappa shape index (κ1) is 15.9. The average Bonchev–Trinajstić information content (AvgIpc) is 2.53. The van der Waals surface area contributed by atoms with Crippen molar-refractivity contribution < 1.29 is 9.18 Å². The van der Waals surface area contributed by atoms with E-state index in [0.717, 1.165) is 11.4 Å². The molecule has 2 aromatic rings. The van der Waals surface area contributed by atoms with E-state index in [9.17, 15) is 9.18 Å². The van der Waals surface area contributed by atoms with Crippen LogP contribution in [-0.2, 0) is 11.3 Å². The number of carbonyl (C=O) groups is 1. The summed E-state index contributed by atoms with van der Waals surface area (Å²) in [5, 5.41) is 2.95. The lowest BCUT2D eigenvalue weighted by molar-refractivity contribution is -0.121. The van der Waals surface area contributed by atoms with Gasteiger partial charge in [0.1, 0.15) is 11.6 Å². The molecule has 1 N–H and O–H groups in total. The van der Waals surface area contributed by atoms with Gasteiger partial charge < -0.3 is 10.2 Å². The van der Waals surface area contributed by atoms with E-state index in [2.05, 4.69) is 10.3 Å². The van der Waals surface area contributed by atoms with E-state index < -0.39 is 0 Å². The predicted molar refractivity (Wildman–Crippen MR) is 86.2 cm³/mol. The molecule has 0 spiro atoms. The fraction of sp³-hybridized carbons (Fsp3) is 0.294. The van der Waals surface area contributed by atoms with Gasteiger partial charge in [0, 0.05) is 24.8 Å². The number of benzene rings is 1. The number of carbonyl (C=O) groups excluding carboxylic acids is 1. The maximum atomic E-state index is 13.1. The van der Waals surface area contributed by atoms with Gasteiger partial charge >= 0.3 is 0 Å². The Morgan fingerprint density at radius 1 is 1.23 bits per heavy atom. The van der Waals surface area contributed by atoms with Crippen molar-refractivity contribution in [3.63, 3.8) is 0 Å². The van der Waals surface area contributed by atoms with Crippen molar-refractivity contribution in [2.24, 2.45) is 5.92 Å². The van der Waals surface area contributed by atoms with Crippen molar-refractivity contribution in [2.75, 3.05) is 17.3 Å². The summed E-state index contributed by atoms with van der Waals surface area (Å²) in [5.74, 6) is 0.298. The topological polar surface area (TPSA) is 45.2 Å². The first-order valence-corrected chi connectivity index (χ1v) is 7.21. The Hall–Kier alpha value is -2.43. The molecule has 0 aliphatic carbocycles. The number of pyridine rings is 1. The number of hydrogen-bond donors (Lipinski definition) is 1. The molecular weight excluding hydrogens is 281 g/mol. The number of anilines is 2. The van der Waals surface area contributed by atoms with E-state index >= 15 is 0 Å². The first-order valence-electron chi connectivity index (χ1n) is 7.21. The molecule has 0 fully saturated rings. The SMILES string of the molecule is CNc1ccc(CN(C(=O)C(C)C)c2ccc(F)cc2)cn1. The van der Waals surface area contributed by atoms with E-state index in [1.54, 1.807) is 30.3 Å². The molecule has 5 heteroatoms. The third kappa shape index (κ3) is 3.81. The minimum atomic E-state index is -0.319. The van der Waals surface area contributed by atoms with Crippen molar-refractivity contribution in [3.8, 4) is 0 Å². The molecule has 0 saturated heterocycles. The second kappa shape index (κ2) is 7.02. The first-order chi connectivity index (χ1) is 10.5. The predicted octanol–water partition coefficient (Wildman–Crippen LogP) is 3.45. The standard InChI is InChI=1S/C17H20FN3O/c1-12(2)17(22)21(15-7-5-14(18)6-8-15)11-13-4-9-16(19-3)20-10-13/h4-10,12H,11H2,1-3H3,(H,19,20). The Morgan fingerprint density at radius 3 is 2.41 bits per heavy atom. The number of aromatic nitrogens is 1. The number of hydrogen-bond acceptors (Lipinski definition) is 3. The molecule has 0 bridgehead atoms. The third-order valence-electron chi connectivity index (χ3n) is 3.32. The summed E-state index contributed by atoms with van der Waals surface area (Å²) in [6, 6.07) is 9.73. The Balaban J connectivity index is 2.27. The Morgan fingerprint density at radius 2 is 1.91 bits per heavy atom. The lowest BCUT2D eigenvalue weighted by atomic mass is 10.1. The summed E-state index contributed by atoms with van der Waals surface area (Å²) in [5.41, 5.74) is 1.59. The highest BCUT2D eigenvalue weighted by molar-refractivity contribution is 5.94. The molecule has 0 atom stereocenters. The van der Waals surface area contributed by atoms with Crippen LogP contribution in [0.5, 0.6) is 0 Å². The van der Waals surface area contributed by atoms with Gasteiger partial charge in [0.15, 0.2) is 0 Å². The van der Waals surface area contributed by atoms with Crippen molar-refractivity contribution in [1.82, 2.24) is 4.98 Å². The Kier molecular flexibility index (Phi) is 5.09. The highest BCUT2D eigenvalue weighted by Gasteiger charge is 2.19. The van der Waals surface area contributed by atoms with Crippen molar-refractivity contribution in [2.45, 2.75) is 20.4 Å². The minimum Gasteiger partial charge on any atom is -0.373 e. The van der Waals surface area contributed by atoms with Gasteiger partial charge in [0.05, 0.1) is 6.54 Å². The zero-order valence-electron chi connectivity index (χ0n) is 13.0. The molecule has 116 valence electrons. The normalized spacial score (nSPS) is 10.6. The average molecular weight is 301 g/mol. The molecule has 1 aromatic carbocycles. The lowest BCUT2D eigenvalue weighted by Crippen LogP contribution is -2.33. The third-order valence-corrected chi connectivity index (χ3v) is 3.32. The molecule has 0 aliphatic rings. The van der Waals surface area contributed by atoms with Crippen LogP contribution in [0.2, 0.25) is 0 Å². The summed E-state index contributed by atoms with van der Waals surface area (Å²) >= 11 is 0. The summed E-state index contributed by atoms with van der Waals surface area (Å²) in [4.78, 5) is 18.4. The van der Waals surface area contributed by atoms with Gasteiger partial charge in [0.25, 0.3) is 0 Å². The monoisotopic (exact) mass is 301 g/mol. The van der Waals surface area contributed by atoms with Crippen molar-refractivity contribution in [3.05, 3.63) is 54.0 Å². The van der Waals surface area contributed by atoms with Gasteiger partial charge in [-0.25, -0.2) is 9.37 Å². The summed E-state index contributed by atoms with van der Waals surface area (Å²) < 4.78 is 13.1. The van der Waals surface area contributed by atoms with E-state index in [0.29, 0.717) is 12.2 Å². The fourth-order valence-electron chi connectivity index (χ4n) is 2.08. The molecule has 1 aromatic heterocycles. The number of rotatable bonds is 5. The fourth-order valence-corrected chi connectivity index (χ4v) is 2.08. The minimum absolute atomic E-state index is 0.00991. The van der Waals surface area contributed by atoms with Gasteiger partial charge in [-0.05, 0) is 35.9 Å². The van der Waals surface area contributed by atoms with Crippen LogP contribution in [0, 0.1) is 11.7 Å². The summed E-state index contributed by atoms with van der Waals surface area (Å²) in [6.07, 6.45) is 1.73. The molecule has 1 amide bonds. The molecule has 0 unspecified atom stereocenters. The highest BCUT2D eigenvalue weighted by Crippen LogP contribution is 2.20. The van der Waals surface area contributed by atoms with Gasteiger partial charge in [-0.2, -0.15) is 0 Å². The van der Waals surface area contributed by atoms with Gasteiger partial charge in [-0.3, -0.25) is 4.79 Å². The molecule has 2 rings (SSSR count). The van der Waals surface area contributed by atoms with Crippen molar-refractivity contribution in [1.29, 1.82) is 0 Å². The van der Waals surface area contributed by atoms with Crippen LogP contribution in [0.15, 0.2) is 42.6 Å². The summed E-state index contributed by atoms with van der Waals surface area (Å²) in [7, 11) is 1.80. The van der Waals surface area contributed by atoms with Crippen LogP contribution in [0.1, 0.15) is 19.4 Å². The highest BCUT2D eigenvalue weighted by atomic mass is 19.1. The molecule has 1 heterocycles. The zero-order valence-corrected chi connectivity index (χ0v) is 13.0. The van der Waals surface area contributed by atoms with Crippen molar-refractivity contribution >= 4 is 17.4 Å². The second-order valence-corrected chi connectivity index (χ2v) is 5.36. The van der Waals surface area contributed by atoms with E-state index in [1.807, 2.05) is 26.0 Å². The Bertz CT molecular complexity index is 623. The number of nitrogens with zero attached hydrogens (tertiary/aromatic N) is 2. The van der Waals surface area contributed by atoms with Gasteiger partial charge in [0.2, 0.25) is 5.91 Å². The molecule has 0 aliphatic heterocycles. The van der Waals surface area contributed by atoms with Crippen LogP contribution in [0.4, 0.5) is 15.9 Å². The van der Waals surface area contributed by atoms with Gasteiger partial charge in [-0.1, -0.05) is 19.9 Å². The molecular formula is C17H20FN3O. The Labute approximate surface area is 130 Å². The zero-order chi connectivity index (χ0) is 16.1. The molecule has 0 radical (unpaired) electrons. The maximum Gasteiger partial charge on any atom is 0.229 e. The van der Waals surface area contributed by atoms with E-state index in [4.69, 9.17) is 0 Å². The van der Waals surface area contributed by atoms with Crippen LogP contribution in [0.25, 0.3) is 0 Å². The van der Waals surface area contributed by atoms with Crippen LogP contribution in [0.3, 0.4) is 0 Å². The van der Waals surface area contributed by atoms with Crippen LogP contribution >= 0.6 is 0 Å². The van der Waals surface area contributed by atoms with Crippen LogP contribution < -0.4 is 10.2 Å². The number of nitrogens with one attached hydrogen (secondary N) is 1. The smallest absolute Gasteiger partial charge is 0.229 e. The molecule has 0 saturated carbocycles. The van der Waals surface area contributed by atoms with Crippen LogP contribution in [-0.4, -0.2) is 17.9 Å². The maximum absolute atomic E-state index is 13.1. The lowest BCUT2D eigenvalue weighted by Gasteiger charge is -2.25. The number of halogens is 1. The quantitative estimate of drug-likeness (QED) is 0.920. The molecule has 22 heavy (non-hydrogen) atoms. The largest absolute Gasteiger partial charge is 0.373 e. The van der Waals surface area contributed by atoms with E-state index in [1.165, 1.54) is 12.1 Å². The molecule has 4 nitrogen and oxygen atoms in total. The number of amides is 1. The van der Waals surface area contributed by atoms with E-state index in [-0.39, 0.29) is 17.6 Å². The summed E-state index contributed by atoms with van der Waals surface area (Å²) in [6.45, 7) is 4.10. The second-order valence-electron chi connectivity index (χ2n) is 5.36.